The molecule has 1 unspecified atom stereocenters. The Hall–Kier alpha value is 0.190. The summed E-state index contributed by atoms with van der Waals surface area (Å²) >= 11 is 0. The first-order valence-electron chi connectivity index (χ1n) is 8.67. The Morgan fingerprint density at radius 3 is 1.77 bits per heavy atom. The molecule has 0 amide bonds. The lowest BCUT2D eigenvalue weighted by Crippen LogP contribution is -2.36. The van der Waals surface area contributed by atoms with Crippen molar-refractivity contribution in [1.82, 2.24) is 19.4 Å². The van der Waals surface area contributed by atoms with E-state index in [1.165, 1.54) is 37.6 Å². The van der Waals surface area contributed by atoms with E-state index >= 15 is 0 Å². The Balaban J connectivity index is 0. The van der Waals surface area contributed by atoms with Gasteiger partial charge in [-0.3, -0.25) is 4.72 Å². The SMILES string of the molecule is CCC.CCS(C)(CN(C)C)NCCN(C)CCCN(C)C. The maximum Gasteiger partial charge on any atom is 0.0393 e. The van der Waals surface area contributed by atoms with Crippen molar-refractivity contribution in [3.05, 3.63) is 0 Å². The summed E-state index contributed by atoms with van der Waals surface area (Å²) in [5.41, 5.74) is 0. The van der Waals surface area contributed by atoms with Crippen LogP contribution in [-0.4, -0.2) is 94.0 Å². The van der Waals surface area contributed by atoms with Crippen LogP contribution in [0.5, 0.6) is 0 Å². The minimum absolute atomic E-state index is 0.665. The minimum Gasteiger partial charge on any atom is -0.309 e. The summed E-state index contributed by atoms with van der Waals surface area (Å²) in [7, 11) is 10.2. The lowest BCUT2D eigenvalue weighted by molar-refractivity contribution is 0.304. The Kier molecular flexibility index (Phi) is 16.4. The van der Waals surface area contributed by atoms with Gasteiger partial charge in [-0.15, -0.1) is 0 Å². The van der Waals surface area contributed by atoms with Crippen molar-refractivity contribution in [2.75, 3.05) is 79.3 Å². The normalized spacial score (nSPS) is 15.6. The summed E-state index contributed by atoms with van der Waals surface area (Å²) in [6, 6.07) is 0. The fourth-order valence-corrected chi connectivity index (χ4v) is 4.26. The van der Waals surface area contributed by atoms with Gasteiger partial charge in [-0.1, -0.05) is 27.2 Å². The molecular formula is C17H44N4S. The fraction of sp³-hybridized carbons (Fsp3) is 1.00. The van der Waals surface area contributed by atoms with Crippen molar-refractivity contribution >= 4 is 10.2 Å². The molecule has 138 valence electrons. The van der Waals surface area contributed by atoms with Gasteiger partial charge in [-0.2, -0.15) is 10.2 Å². The van der Waals surface area contributed by atoms with Gasteiger partial charge in [-0.25, -0.2) is 0 Å². The van der Waals surface area contributed by atoms with Crippen LogP contribution in [0.1, 0.15) is 33.6 Å². The molecule has 0 aliphatic heterocycles. The zero-order valence-electron chi connectivity index (χ0n) is 16.9. The van der Waals surface area contributed by atoms with Gasteiger partial charge in [0.25, 0.3) is 0 Å². The molecule has 0 saturated heterocycles. The van der Waals surface area contributed by atoms with Crippen LogP contribution in [0.25, 0.3) is 0 Å². The molecule has 0 saturated carbocycles. The van der Waals surface area contributed by atoms with Crippen LogP contribution < -0.4 is 4.72 Å². The van der Waals surface area contributed by atoms with E-state index in [0.29, 0.717) is 0 Å². The maximum atomic E-state index is 3.80. The molecule has 0 radical (unpaired) electrons. The molecule has 0 fully saturated rings. The van der Waals surface area contributed by atoms with E-state index in [2.05, 4.69) is 81.7 Å². The molecular weight excluding hydrogens is 292 g/mol. The van der Waals surface area contributed by atoms with Crippen molar-refractivity contribution in [3.63, 3.8) is 0 Å². The molecule has 4 nitrogen and oxygen atoms in total. The van der Waals surface area contributed by atoms with Crippen LogP contribution in [0.2, 0.25) is 0 Å². The van der Waals surface area contributed by atoms with Crippen molar-refractivity contribution in [1.29, 1.82) is 0 Å². The van der Waals surface area contributed by atoms with Crippen molar-refractivity contribution in [3.8, 4) is 0 Å². The zero-order valence-corrected chi connectivity index (χ0v) is 17.7. The highest BCUT2D eigenvalue weighted by Crippen LogP contribution is 2.38. The first kappa shape index (κ1) is 24.4. The van der Waals surface area contributed by atoms with Crippen LogP contribution >= 0.6 is 10.2 Å². The summed E-state index contributed by atoms with van der Waals surface area (Å²) in [5.74, 6) is 2.42. The third kappa shape index (κ3) is 16.6. The highest BCUT2D eigenvalue weighted by Gasteiger charge is 2.15. The van der Waals surface area contributed by atoms with Crippen molar-refractivity contribution in [2.24, 2.45) is 0 Å². The smallest absolute Gasteiger partial charge is 0.0393 e. The molecule has 0 aromatic rings. The Bertz CT molecular complexity index is 237. The second-order valence-electron chi connectivity index (χ2n) is 6.83. The second-order valence-corrected chi connectivity index (χ2v) is 10.5. The largest absolute Gasteiger partial charge is 0.309 e. The van der Waals surface area contributed by atoms with Crippen LogP contribution in [0.3, 0.4) is 0 Å². The van der Waals surface area contributed by atoms with Gasteiger partial charge in [0.1, 0.15) is 0 Å². The number of hydrogen-bond acceptors (Lipinski definition) is 4. The molecule has 0 heterocycles. The Morgan fingerprint density at radius 2 is 1.36 bits per heavy atom. The summed E-state index contributed by atoms with van der Waals surface area (Å²) in [4.78, 5) is 6.98. The van der Waals surface area contributed by atoms with Crippen LogP contribution in [-0.2, 0) is 0 Å². The first-order valence-corrected chi connectivity index (χ1v) is 11.0. The highest BCUT2D eigenvalue weighted by atomic mass is 32.3. The van der Waals surface area contributed by atoms with E-state index in [1.807, 2.05) is 0 Å². The van der Waals surface area contributed by atoms with Crippen LogP contribution in [0.15, 0.2) is 0 Å². The predicted octanol–water partition coefficient (Wildman–Crippen LogP) is 2.76. The zero-order chi connectivity index (χ0) is 17.6. The monoisotopic (exact) mass is 336 g/mol. The van der Waals surface area contributed by atoms with E-state index < -0.39 is 10.2 Å². The number of likely N-dealkylation sites (N-methyl/N-ethyl adjacent to an activating group) is 1. The third-order valence-electron chi connectivity index (χ3n) is 3.27. The van der Waals surface area contributed by atoms with Gasteiger partial charge in [0.15, 0.2) is 0 Å². The van der Waals surface area contributed by atoms with Crippen molar-refractivity contribution < 1.29 is 0 Å². The minimum atomic E-state index is -0.665. The maximum absolute atomic E-state index is 3.80. The molecule has 0 aromatic heterocycles. The summed E-state index contributed by atoms with van der Waals surface area (Å²) in [6.07, 6.45) is 4.90. The molecule has 1 atom stereocenters. The van der Waals surface area contributed by atoms with Gasteiger partial charge < -0.3 is 14.7 Å². The molecule has 5 heteroatoms. The van der Waals surface area contributed by atoms with Gasteiger partial charge in [0, 0.05) is 19.0 Å². The standard InChI is InChI=1S/C14H36N4S.C3H8/c1-8-19(7,14-17(4)5)15-10-13-18(6)12-9-11-16(2)3;1-3-2/h15H,8-14H2,1-7H3;3H2,1-2H3. The molecule has 0 aliphatic rings. The van der Waals surface area contributed by atoms with Gasteiger partial charge in [0.2, 0.25) is 0 Å². The third-order valence-corrected chi connectivity index (χ3v) is 6.53. The molecule has 0 aromatic carbocycles. The topological polar surface area (TPSA) is 21.8 Å². The molecule has 0 spiro atoms. The second kappa shape index (κ2) is 14.8. The van der Waals surface area contributed by atoms with Gasteiger partial charge in [-0.05, 0) is 66.8 Å². The number of rotatable bonds is 11. The predicted molar refractivity (Wildman–Crippen MR) is 107 cm³/mol. The number of hydrogen-bond donors (Lipinski definition) is 1. The molecule has 0 aliphatic carbocycles. The van der Waals surface area contributed by atoms with E-state index in [9.17, 15) is 0 Å². The number of nitrogens with one attached hydrogen (secondary N) is 1. The molecule has 22 heavy (non-hydrogen) atoms. The summed E-state index contributed by atoms with van der Waals surface area (Å²) in [5, 5.41) is 0. The summed E-state index contributed by atoms with van der Waals surface area (Å²) < 4.78 is 3.80. The van der Waals surface area contributed by atoms with E-state index in [0.717, 1.165) is 13.1 Å². The van der Waals surface area contributed by atoms with Crippen LogP contribution in [0, 0.1) is 0 Å². The van der Waals surface area contributed by atoms with Gasteiger partial charge >= 0.3 is 0 Å². The van der Waals surface area contributed by atoms with Crippen molar-refractivity contribution in [2.45, 2.75) is 33.6 Å². The van der Waals surface area contributed by atoms with E-state index in [-0.39, 0.29) is 0 Å². The Labute approximate surface area is 143 Å². The molecule has 1 N–H and O–H groups in total. The van der Waals surface area contributed by atoms with Gasteiger partial charge in [0.05, 0.1) is 0 Å². The van der Waals surface area contributed by atoms with E-state index in [1.54, 1.807) is 0 Å². The van der Waals surface area contributed by atoms with Crippen LogP contribution in [0.4, 0.5) is 0 Å². The molecule has 0 rings (SSSR count). The fourth-order valence-electron chi connectivity index (χ4n) is 2.06. The lowest BCUT2D eigenvalue weighted by atomic mass is 10.4. The molecule has 0 bridgehead atoms. The average Bonchev–Trinajstić information content (AvgIpc) is 2.38. The quantitative estimate of drug-likeness (QED) is 0.626. The average molecular weight is 337 g/mol. The highest BCUT2D eigenvalue weighted by molar-refractivity contribution is 8.31. The first-order chi connectivity index (χ1) is 10.2. The Morgan fingerprint density at radius 1 is 0.818 bits per heavy atom. The van der Waals surface area contributed by atoms with E-state index in [4.69, 9.17) is 0 Å². The summed E-state index contributed by atoms with van der Waals surface area (Å²) in [6.45, 7) is 11.2. The number of nitrogens with zero attached hydrogens (tertiary/aromatic N) is 3. The lowest BCUT2D eigenvalue weighted by Gasteiger charge is -2.39.